The average molecular weight is 420 g/mol. The van der Waals surface area contributed by atoms with Gasteiger partial charge < -0.3 is 5.32 Å². The van der Waals surface area contributed by atoms with E-state index in [1.54, 1.807) is 24.3 Å². The Morgan fingerprint density at radius 3 is 2.53 bits per heavy atom. The van der Waals surface area contributed by atoms with E-state index in [4.69, 9.17) is 0 Å². The number of benzene rings is 2. The Bertz CT molecular complexity index is 1100. The number of carbonyl (C=O) groups excluding carboxylic acids is 3. The molecule has 30 heavy (non-hydrogen) atoms. The number of amidine groups is 1. The zero-order chi connectivity index (χ0) is 21.3. The maximum Gasteiger partial charge on any atom is 0.267 e. The molecule has 2 aromatic carbocycles. The molecule has 1 saturated heterocycles. The van der Waals surface area contributed by atoms with E-state index >= 15 is 0 Å². The predicted octanol–water partition coefficient (Wildman–Crippen LogP) is 4.18. The Hall–Kier alpha value is -3.19. The van der Waals surface area contributed by atoms with Crippen LogP contribution in [0.5, 0.6) is 0 Å². The van der Waals surface area contributed by atoms with E-state index in [0.717, 1.165) is 41.6 Å². The molecular weight excluding hydrogens is 398 g/mol. The number of nitrogens with one attached hydrogen (secondary N) is 1. The van der Waals surface area contributed by atoms with E-state index in [-0.39, 0.29) is 22.3 Å². The van der Waals surface area contributed by atoms with E-state index in [2.05, 4.69) is 17.2 Å². The second-order valence-corrected chi connectivity index (χ2v) is 8.12. The summed E-state index contributed by atoms with van der Waals surface area (Å²) in [6.45, 7) is 3.50. The van der Waals surface area contributed by atoms with Crippen LogP contribution in [0.1, 0.15) is 37.8 Å². The standard InChI is InChI=1S/C23H21N3O3S/c1-3-4-7-15-10-12-16(13-11-15)24-23-25-21(28)20(30-23)19-17-8-5-6-9-18(17)26(14(2)27)22(19)29/h5-6,8-13H,3-4,7H2,1-2H3,(H,24,25,28). The molecule has 0 radical (unpaired) electrons. The third-order valence-electron chi connectivity index (χ3n) is 4.98. The highest BCUT2D eigenvalue weighted by Gasteiger charge is 2.40. The molecule has 2 aromatic rings. The van der Waals surface area contributed by atoms with Gasteiger partial charge in [0.15, 0.2) is 5.17 Å². The summed E-state index contributed by atoms with van der Waals surface area (Å²) in [6, 6.07) is 14.9. The molecule has 4 rings (SSSR count). The second-order valence-electron chi connectivity index (χ2n) is 7.12. The SMILES string of the molecule is CCCCc1ccc(N=C2NC(=O)C(=C3C(=O)N(C(C)=O)c4ccccc43)S2)cc1. The number of aliphatic imine (C=N–C) groups is 1. The van der Waals surface area contributed by atoms with Crippen molar-refractivity contribution in [1.82, 2.24) is 5.32 Å². The van der Waals surface area contributed by atoms with Gasteiger partial charge in [-0.25, -0.2) is 9.89 Å². The molecule has 1 fully saturated rings. The van der Waals surface area contributed by atoms with Crippen molar-refractivity contribution >= 4 is 51.6 Å². The first-order chi connectivity index (χ1) is 14.5. The second kappa shape index (κ2) is 8.28. The number of amides is 3. The third-order valence-corrected chi connectivity index (χ3v) is 5.96. The van der Waals surface area contributed by atoms with E-state index in [0.29, 0.717) is 16.4 Å². The molecule has 0 aliphatic carbocycles. The van der Waals surface area contributed by atoms with Crippen molar-refractivity contribution in [1.29, 1.82) is 0 Å². The van der Waals surface area contributed by atoms with Crippen molar-refractivity contribution in [3.8, 4) is 0 Å². The summed E-state index contributed by atoms with van der Waals surface area (Å²) in [5, 5.41) is 3.15. The zero-order valence-corrected chi connectivity index (χ0v) is 17.6. The van der Waals surface area contributed by atoms with E-state index < -0.39 is 5.91 Å². The van der Waals surface area contributed by atoms with Gasteiger partial charge in [0.1, 0.15) is 0 Å². The fourth-order valence-corrected chi connectivity index (χ4v) is 4.45. The number of fused-ring (bicyclic) bond motifs is 1. The Morgan fingerprint density at radius 2 is 1.83 bits per heavy atom. The highest BCUT2D eigenvalue weighted by Crippen LogP contribution is 2.42. The first kappa shape index (κ1) is 20.1. The van der Waals surface area contributed by atoms with Gasteiger partial charge in [0.05, 0.1) is 21.9 Å². The molecule has 7 heteroatoms. The Labute approximate surface area is 179 Å². The number of nitrogens with zero attached hydrogens (tertiary/aromatic N) is 2. The molecule has 2 heterocycles. The summed E-state index contributed by atoms with van der Waals surface area (Å²) in [4.78, 5) is 43.5. The van der Waals surface area contributed by atoms with Gasteiger partial charge in [-0.05, 0) is 48.4 Å². The molecule has 0 atom stereocenters. The van der Waals surface area contributed by atoms with E-state index in [1.807, 2.05) is 24.3 Å². The number of hydrogen-bond acceptors (Lipinski definition) is 5. The maximum absolute atomic E-state index is 12.9. The molecule has 0 spiro atoms. The van der Waals surface area contributed by atoms with Gasteiger partial charge in [-0.15, -0.1) is 0 Å². The molecule has 0 bridgehead atoms. The number of para-hydroxylation sites is 1. The monoisotopic (exact) mass is 419 g/mol. The van der Waals surface area contributed by atoms with Gasteiger partial charge in [0, 0.05) is 12.5 Å². The van der Waals surface area contributed by atoms with Crippen LogP contribution in [0.4, 0.5) is 11.4 Å². The normalized spacial score (nSPS) is 19.4. The minimum Gasteiger partial charge on any atom is -0.300 e. The number of hydrogen-bond donors (Lipinski definition) is 1. The molecule has 0 unspecified atom stereocenters. The van der Waals surface area contributed by atoms with Crippen LogP contribution in [0.3, 0.4) is 0 Å². The van der Waals surface area contributed by atoms with Crippen LogP contribution in [-0.4, -0.2) is 22.9 Å². The van der Waals surface area contributed by atoms with Crippen molar-refractivity contribution in [3.05, 3.63) is 64.6 Å². The van der Waals surface area contributed by atoms with Gasteiger partial charge in [-0.3, -0.25) is 14.4 Å². The number of imide groups is 1. The molecular formula is C23H21N3O3S. The predicted molar refractivity (Wildman–Crippen MR) is 119 cm³/mol. The summed E-state index contributed by atoms with van der Waals surface area (Å²) in [5.41, 5.74) is 3.30. The van der Waals surface area contributed by atoms with Crippen molar-refractivity contribution in [3.63, 3.8) is 0 Å². The van der Waals surface area contributed by atoms with Gasteiger partial charge in [-0.2, -0.15) is 0 Å². The highest BCUT2D eigenvalue weighted by molar-refractivity contribution is 8.18. The number of anilines is 1. The van der Waals surface area contributed by atoms with Crippen LogP contribution in [0.25, 0.3) is 5.57 Å². The lowest BCUT2D eigenvalue weighted by atomic mass is 10.1. The number of rotatable bonds is 4. The average Bonchev–Trinajstić information content (AvgIpc) is 3.23. The maximum atomic E-state index is 12.9. The fraction of sp³-hybridized carbons (Fsp3) is 0.217. The largest absolute Gasteiger partial charge is 0.300 e. The van der Waals surface area contributed by atoms with Gasteiger partial charge in [-0.1, -0.05) is 43.7 Å². The van der Waals surface area contributed by atoms with Crippen molar-refractivity contribution in [2.75, 3.05) is 4.90 Å². The number of unbranched alkanes of at least 4 members (excludes halogenated alkanes) is 1. The first-order valence-corrected chi connectivity index (χ1v) is 10.7. The van der Waals surface area contributed by atoms with Crippen molar-refractivity contribution in [2.24, 2.45) is 4.99 Å². The smallest absolute Gasteiger partial charge is 0.267 e. The quantitative estimate of drug-likeness (QED) is 0.754. The number of thioether (sulfide) groups is 1. The zero-order valence-electron chi connectivity index (χ0n) is 16.8. The van der Waals surface area contributed by atoms with Crippen molar-refractivity contribution in [2.45, 2.75) is 33.1 Å². The molecule has 2 aliphatic heterocycles. The lowest BCUT2D eigenvalue weighted by Crippen LogP contribution is -2.31. The number of aryl methyl sites for hydroxylation is 1. The minimum atomic E-state index is -0.483. The summed E-state index contributed by atoms with van der Waals surface area (Å²) in [5.74, 6) is -1.26. The molecule has 1 N–H and O–H groups in total. The fourth-order valence-electron chi connectivity index (χ4n) is 3.52. The Kier molecular flexibility index (Phi) is 5.55. The van der Waals surface area contributed by atoms with Crippen LogP contribution in [0.15, 0.2) is 58.4 Å². The van der Waals surface area contributed by atoms with Gasteiger partial charge in [0.2, 0.25) is 5.91 Å². The van der Waals surface area contributed by atoms with Crippen LogP contribution in [-0.2, 0) is 20.8 Å². The van der Waals surface area contributed by atoms with E-state index in [9.17, 15) is 14.4 Å². The number of carbonyl (C=O) groups is 3. The lowest BCUT2D eigenvalue weighted by molar-refractivity contribution is -0.122. The Balaban J connectivity index is 1.65. The van der Waals surface area contributed by atoms with Crippen LogP contribution >= 0.6 is 11.8 Å². The van der Waals surface area contributed by atoms with Gasteiger partial charge in [0.25, 0.3) is 11.8 Å². The van der Waals surface area contributed by atoms with Crippen LogP contribution in [0, 0.1) is 0 Å². The van der Waals surface area contributed by atoms with Crippen LogP contribution in [0.2, 0.25) is 0 Å². The summed E-state index contributed by atoms with van der Waals surface area (Å²) < 4.78 is 0. The molecule has 0 saturated carbocycles. The lowest BCUT2D eigenvalue weighted by Gasteiger charge is -2.11. The highest BCUT2D eigenvalue weighted by atomic mass is 32.2. The van der Waals surface area contributed by atoms with Crippen LogP contribution < -0.4 is 10.2 Å². The summed E-state index contributed by atoms with van der Waals surface area (Å²) >= 11 is 1.12. The molecule has 152 valence electrons. The third kappa shape index (κ3) is 3.68. The van der Waals surface area contributed by atoms with E-state index in [1.165, 1.54) is 12.5 Å². The van der Waals surface area contributed by atoms with Crippen molar-refractivity contribution < 1.29 is 14.4 Å². The summed E-state index contributed by atoms with van der Waals surface area (Å²) in [6.07, 6.45) is 3.32. The topological polar surface area (TPSA) is 78.8 Å². The first-order valence-electron chi connectivity index (χ1n) is 9.85. The summed E-state index contributed by atoms with van der Waals surface area (Å²) in [7, 11) is 0. The minimum absolute atomic E-state index is 0.239. The molecule has 3 amide bonds. The molecule has 0 aromatic heterocycles. The Morgan fingerprint density at radius 1 is 1.10 bits per heavy atom. The van der Waals surface area contributed by atoms with Gasteiger partial charge >= 0.3 is 0 Å². The molecule has 2 aliphatic rings. The molecule has 6 nitrogen and oxygen atoms in total.